The molecule has 2 unspecified atom stereocenters. The molecule has 0 radical (unpaired) electrons. The average molecular weight is 267 g/mol. The maximum atomic E-state index is 13.7. The van der Waals surface area contributed by atoms with Crippen molar-refractivity contribution in [3.63, 3.8) is 0 Å². The quantitative estimate of drug-likeness (QED) is 0.703. The lowest BCUT2D eigenvalue weighted by atomic mass is 10.1. The van der Waals surface area contributed by atoms with E-state index in [1.807, 2.05) is 0 Å². The van der Waals surface area contributed by atoms with Gasteiger partial charge in [0.2, 0.25) is 0 Å². The number of hydrogen-bond acceptors (Lipinski definition) is 4. The number of nitrogens with one attached hydrogen (secondary N) is 1. The molecule has 104 valence electrons. The van der Waals surface area contributed by atoms with Crippen molar-refractivity contribution in [2.24, 2.45) is 0 Å². The first-order chi connectivity index (χ1) is 9.09. The molecule has 2 atom stereocenters. The molecule has 5 nitrogen and oxygen atoms in total. The van der Waals surface area contributed by atoms with Gasteiger partial charge in [0.1, 0.15) is 0 Å². The Balaban J connectivity index is 2.09. The van der Waals surface area contributed by atoms with Crippen molar-refractivity contribution >= 4 is 11.7 Å². The molecule has 4 N–H and O–H groups in total. The maximum absolute atomic E-state index is 13.7. The summed E-state index contributed by atoms with van der Waals surface area (Å²) in [6.45, 7) is 0. The molecule has 6 heteroatoms. The molecule has 1 aliphatic rings. The summed E-state index contributed by atoms with van der Waals surface area (Å²) in [5.74, 6) is -1.67. The fraction of sp³-hybridized carbons (Fsp3) is 0.538. The van der Waals surface area contributed by atoms with Gasteiger partial charge in [0.15, 0.2) is 11.6 Å². The molecule has 0 spiro atoms. The topological polar surface area (TPSA) is 88.2 Å². The lowest BCUT2D eigenvalue weighted by Crippen LogP contribution is -2.43. The second-order valence-corrected chi connectivity index (χ2v) is 4.84. The largest absolute Gasteiger partial charge is 0.391 e. The second kappa shape index (κ2) is 5.97. The highest BCUT2D eigenvalue weighted by molar-refractivity contribution is 5.95. The first-order valence-electron chi connectivity index (χ1n) is 6.48. The van der Waals surface area contributed by atoms with Crippen LogP contribution in [0.3, 0.4) is 0 Å². The summed E-state index contributed by atoms with van der Waals surface area (Å²) >= 11 is 0. The minimum Gasteiger partial charge on any atom is -0.391 e. The number of rotatable bonds is 2. The second-order valence-electron chi connectivity index (χ2n) is 4.84. The van der Waals surface area contributed by atoms with Gasteiger partial charge >= 0.3 is 0 Å². The molecule has 1 aliphatic carbocycles. The zero-order valence-corrected chi connectivity index (χ0v) is 10.6. The summed E-state index contributed by atoms with van der Waals surface area (Å²) in [7, 11) is 0. The van der Waals surface area contributed by atoms with E-state index in [9.17, 15) is 14.3 Å². The maximum Gasteiger partial charge on any atom is 0.254 e. The third kappa shape index (κ3) is 3.20. The van der Waals surface area contributed by atoms with Gasteiger partial charge in [0.25, 0.3) is 5.91 Å². The monoisotopic (exact) mass is 267 g/mol. The summed E-state index contributed by atoms with van der Waals surface area (Å²) in [6.07, 6.45) is 5.01. The van der Waals surface area contributed by atoms with Gasteiger partial charge in [0, 0.05) is 6.20 Å². The van der Waals surface area contributed by atoms with Gasteiger partial charge in [-0.1, -0.05) is 19.3 Å². The number of halogens is 1. The van der Waals surface area contributed by atoms with E-state index in [0.29, 0.717) is 12.8 Å². The van der Waals surface area contributed by atoms with Gasteiger partial charge in [-0.05, 0) is 18.9 Å². The Morgan fingerprint density at radius 3 is 2.95 bits per heavy atom. The van der Waals surface area contributed by atoms with E-state index in [4.69, 9.17) is 5.73 Å². The Kier molecular flexibility index (Phi) is 4.31. The van der Waals surface area contributed by atoms with Gasteiger partial charge in [0.05, 0.1) is 17.7 Å². The van der Waals surface area contributed by atoms with Crippen molar-refractivity contribution in [3.8, 4) is 0 Å². The smallest absolute Gasteiger partial charge is 0.254 e. The number of hydrogen-bond donors (Lipinski definition) is 3. The number of aliphatic hydroxyl groups is 1. The molecule has 1 aromatic rings. The molecule has 0 aromatic carbocycles. The molecule has 19 heavy (non-hydrogen) atoms. The van der Waals surface area contributed by atoms with Crippen molar-refractivity contribution in [3.05, 3.63) is 23.6 Å². The van der Waals surface area contributed by atoms with E-state index in [-0.39, 0.29) is 17.4 Å². The van der Waals surface area contributed by atoms with Crippen LogP contribution in [0.2, 0.25) is 0 Å². The van der Waals surface area contributed by atoms with Crippen LogP contribution in [0.5, 0.6) is 0 Å². The average Bonchev–Trinajstić information content (AvgIpc) is 2.58. The molecule has 0 saturated heterocycles. The van der Waals surface area contributed by atoms with Crippen molar-refractivity contribution in [2.75, 3.05) is 5.73 Å². The fourth-order valence-electron chi connectivity index (χ4n) is 2.34. The van der Waals surface area contributed by atoms with Crippen LogP contribution in [0.15, 0.2) is 12.3 Å². The lowest BCUT2D eigenvalue weighted by Gasteiger charge is -2.21. The molecule has 1 amide bonds. The summed E-state index contributed by atoms with van der Waals surface area (Å²) in [6, 6.07) is 0.952. The number of carbonyl (C=O) groups is 1. The van der Waals surface area contributed by atoms with Crippen molar-refractivity contribution in [1.82, 2.24) is 10.3 Å². The Morgan fingerprint density at radius 1 is 1.42 bits per heavy atom. The van der Waals surface area contributed by atoms with E-state index < -0.39 is 17.8 Å². The van der Waals surface area contributed by atoms with E-state index in [0.717, 1.165) is 19.3 Å². The summed E-state index contributed by atoms with van der Waals surface area (Å²) < 4.78 is 13.7. The highest BCUT2D eigenvalue weighted by atomic mass is 19.1. The van der Waals surface area contributed by atoms with Crippen molar-refractivity contribution in [1.29, 1.82) is 0 Å². The Bertz CT molecular complexity index is 467. The third-order valence-electron chi connectivity index (χ3n) is 3.46. The number of aromatic nitrogens is 1. The predicted molar refractivity (Wildman–Crippen MR) is 69.0 cm³/mol. The van der Waals surface area contributed by atoms with E-state index in [1.165, 1.54) is 12.3 Å². The van der Waals surface area contributed by atoms with Crippen molar-refractivity contribution < 1.29 is 14.3 Å². The molecule has 2 rings (SSSR count). The van der Waals surface area contributed by atoms with E-state index >= 15 is 0 Å². The number of nitrogens with two attached hydrogens (primary N) is 1. The number of aliphatic hydroxyl groups excluding tert-OH is 1. The van der Waals surface area contributed by atoms with E-state index in [1.54, 1.807) is 0 Å². The van der Waals surface area contributed by atoms with Crippen molar-refractivity contribution in [2.45, 2.75) is 44.2 Å². The molecule has 1 aromatic heterocycles. The zero-order valence-electron chi connectivity index (χ0n) is 10.6. The fourth-order valence-corrected chi connectivity index (χ4v) is 2.34. The normalized spacial score (nSPS) is 23.7. The van der Waals surface area contributed by atoms with Crippen LogP contribution in [0.25, 0.3) is 0 Å². The first-order valence-corrected chi connectivity index (χ1v) is 6.48. The van der Waals surface area contributed by atoms with Crippen LogP contribution in [0, 0.1) is 5.82 Å². The van der Waals surface area contributed by atoms with Crippen LogP contribution >= 0.6 is 0 Å². The summed E-state index contributed by atoms with van der Waals surface area (Å²) in [4.78, 5) is 15.6. The minimum absolute atomic E-state index is 0.135. The van der Waals surface area contributed by atoms with Gasteiger partial charge in [-0.25, -0.2) is 9.37 Å². The standard InChI is InChI=1S/C13H18FN3O2/c14-11-8(6-7-16-12(11)15)13(19)17-9-4-2-1-3-5-10(9)18/h6-7,9-10,18H,1-5H2,(H2,15,16)(H,17,19). The summed E-state index contributed by atoms with van der Waals surface area (Å²) in [5, 5.41) is 12.6. The van der Waals surface area contributed by atoms with Crippen LogP contribution in [-0.4, -0.2) is 28.1 Å². The van der Waals surface area contributed by atoms with Crippen LogP contribution < -0.4 is 11.1 Å². The number of anilines is 1. The van der Waals surface area contributed by atoms with Crippen LogP contribution in [0.4, 0.5) is 10.2 Å². The Morgan fingerprint density at radius 2 is 2.16 bits per heavy atom. The zero-order chi connectivity index (χ0) is 13.8. The molecular weight excluding hydrogens is 249 g/mol. The molecule has 1 fully saturated rings. The predicted octanol–water partition coefficient (Wildman–Crippen LogP) is 1.23. The Labute approximate surface area is 111 Å². The molecular formula is C13H18FN3O2. The molecule has 0 aliphatic heterocycles. The lowest BCUT2D eigenvalue weighted by molar-refractivity contribution is 0.0815. The number of nitrogen functional groups attached to an aromatic ring is 1. The van der Waals surface area contributed by atoms with E-state index in [2.05, 4.69) is 10.3 Å². The van der Waals surface area contributed by atoms with Gasteiger partial charge in [-0.2, -0.15) is 0 Å². The van der Waals surface area contributed by atoms with Gasteiger partial charge in [-0.3, -0.25) is 4.79 Å². The molecule has 0 bridgehead atoms. The molecule has 1 saturated carbocycles. The number of carbonyl (C=O) groups excluding carboxylic acids is 1. The van der Waals surface area contributed by atoms with Crippen LogP contribution in [-0.2, 0) is 0 Å². The Hall–Kier alpha value is -1.69. The first kappa shape index (κ1) is 13.7. The van der Waals surface area contributed by atoms with Gasteiger partial charge in [-0.15, -0.1) is 0 Å². The highest BCUT2D eigenvalue weighted by Gasteiger charge is 2.25. The number of pyridine rings is 1. The SMILES string of the molecule is Nc1nccc(C(=O)NC2CCCCCC2O)c1F. The third-order valence-corrected chi connectivity index (χ3v) is 3.46. The summed E-state index contributed by atoms with van der Waals surface area (Å²) in [5.41, 5.74) is 5.19. The van der Waals surface area contributed by atoms with Crippen LogP contribution in [0.1, 0.15) is 42.5 Å². The van der Waals surface area contributed by atoms with Gasteiger partial charge < -0.3 is 16.2 Å². The molecule has 1 heterocycles. The minimum atomic E-state index is -0.817. The number of nitrogens with zero attached hydrogens (tertiary/aromatic N) is 1. The highest BCUT2D eigenvalue weighted by Crippen LogP contribution is 2.19. The number of amides is 1.